The number of hydrogen-bond donors (Lipinski definition) is 2. The highest BCUT2D eigenvalue weighted by molar-refractivity contribution is 7.89. The fourth-order valence-electron chi connectivity index (χ4n) is 4.35. The molecule has 1 aliphatic rings. The Morgan fingerprint density at radius 1 is 1.03 bits per heavy atom. The van der Waals surface area contributed by atoms with Crippen LogP contribution in [0.2, 0.25) is 5.02 Å². The Hall–Kier alpha value is -3.34. The largest absolute Gasteiger partial charge is 0.370 e. The molecular formula is C26H23ClN4O4S. The zero-order valence-corrected chi connectivity index (χ0v) is 20.8. The second-order valence-corrected chi connectivity index (χ2v) is 10.5. The number of hydrogen-bond acceptors (Lipinski definition) is 7. The lowest BCUT2D eigenvalue weighted by molar-refractivity contribution is -0.0813. The van der Waals surface area contributed by atoms with Gasteiger partial charge in [0.25, 0.3) is 0 Å². The monoisotopic (exact) mass is 522 g/mol. The molecule has 1 aliphatic heterocycles. The summed E-state index contributed by atoms with van der Waals surface area (Å²) in [6.45, 7) is 0.0634. The second-order valence-electron chi connectivity index (χ2n) is 8.49. The second kappa shape index (κ2) is 9.27. The number of aromatic nitrogens is 1. The SMILES string of the molecule is COC(c1ccc2ccccc2n1)C1(O)CN(c2ccc(Cl)cc2)C(c2ccc(S(N)(=O)=O)cc2)=N1. The quantitative estimate of drug-likeness (QED) is 0.397. The first kappa shape index (κ1) is 24.4. The van der Waals surface area contributed by atoms with Crippen LogP contribution in [0.5, 0.6) is 0 Å². The van der Waals surface area contributed by atoms with E-state index in [9.17, 15) is 13.5 Å². The molecule has 10 heteroatoms. The van der Waals surface area contributed by atoms with Crippen LogP contribution in [0, 0.1) is 0 Å². The number of primary sulfonamides is 1. The third-order valence-corrected chi connectivity index (χ3v) is 7.25. The van der Waals surface area contributed by atoms with Crippen molar-refractivity contribution in [2.24, 2.45) is 10.1 Å². The maximum atomic E-state index is 11.8. The summed E-state index contributed by atoms with van der Waals surface area (Å²) in [6.07, 6.45) is -0.877. The van der Waals surface area contributed by atoms with Gasteiger partial charge in [-0.15, -0.1) is 0 Å². The molecule has 2 heterocycles. The summed E-state index contributed by atoms with van der Waals surface area (Å²) in [4.78, 5) is 11.2. The van der Waals surface area contributed by atoms with Gasteiger partial charge in [0, 0.05) is 28.8 Å². The van der Waals surface area contributed by atoms with Crippen molar-refractivity contribution in [3.63, 3.8) is 0 Å². The van der Waals surface area contributed by atoms with Crippen molar-refractivity contribution in [2.75, 3.05) is 18.6 Å². The summed E-state index contributed by atoms with van der Waals surface area (Å²) in [7, 11) is -2.35. The number of para-hydroxylation sites is 1. The molecule has 2 unspecified atom stereocenters. The average Bonchev–Trinajstić information content (AvgIpc) is 3.22. The van der Waals surface area contributed by atoms with Crippen LogP contribution in [0.25, 0.3) is 10.9 Å². The van der Waals surface area contributed by atoms with E-state index in [0.29, 0.717) is 22.1 Å². The number of nitrogens with two attached hydrogens (primary N) is 1. The van der Waals surface area contributed by atoms with Crippen LogP contribution < -0.4 is 10.0 Å². The highest BCUT2D eigenvalue weighted by atomic mass is 35.5. The van der Waals surface area contributed by atoms with Crippen molar-refractivity contribution >= 4 is 44.1 Å². The topological polar surface area (TPSA) is 118 Å². The number of sulfonamides is 1. The number of pyridine rings is 1. The molecule has 0 aliphatic carbocycles. The van der Waals surface area contributed by atoms with E-state index in [0.717, 1.165) is 16.6 Å². The molecule has 8 nitrogen and oxygen atoms in total. The summed E-state index contributed by atoms with van der Waals surface area (Å²) >= 11 is 6.09. The van der Waals surface area contributed by atoms with E-state index in [1.54, 1.807) is 24.3 Å². The first-order chi connectivity index (χ1) is 17.2. The van der Waals surface area contributed by atoms with Gasteiger partial charge in [-0.25, -0.2) is 23.5 Å². The minimum atomic E-state index is -3.85. The van der Waals surface area contributed by atoms with Gasteiger partial charge in [-0.3, -0.25) is 0 Å². The Morgan fingerprint density at radius 2 is 1.72 bits per heavy atom. The van der Waals surface area contributed by atoms with Crippen molar-refractivity contribution in [3.05, 3.63) is 101 Å². The molecule has 0 saturated carbocycles. The van der Waals surface area contributed by atoms with Crippen molar-refractivity contribution < 1.29 is 18.3 Å². The van der Waals surface area contributed by atoms with Gasteiger partial charge < -0.3 is 14.7 Å². The zero-order chi connectivity index (χ0) is 25.5. The van der Waals surface area contributed by atoms with Crippen molar-refractivity contribution in [1.29, 1.82) is 0 Å². The van der Waals surface area contributed by atoms with Gasteiger partial charge >= 0.3 is 0 Å². The van der Waals surface area contributed by atoms with Gasteiger partial charge in [0.1, 0.15) is 5.84 Å². The molecule has 0 spiro atoms. The lowest BCUT2D eigenvalue weighted by Gasteiger charge is -2.30. The Morgan fingerprint density at radius 3 is 2.39 bits per heavy atom. The van der Waals surface area contributed by atoms with Gasteiger partial charge in [-0.1, -0.05) is 35.9 Å². The Labute approximate surface area is 213 Å². The zero-order valence-electron chi connectivity index (χ0n) is 19.2. The first-order valence-corrected chi connectivity index (χ1v) is 13.0. The van der Waals surface area contributed by atoms with Crippen LogP contribution in [-0.2, 0) is 14.8 Å². The molecule has 3 aromatic carbocycles. The number of methoxy groups -OCH3 is 1. The predicted octanol–water partition coefficient (Wildman–Crippen LogP) is 3.88. The molecule has 184 valence electrons. The van der Waals surface area contributed by atoms with Crippen LogP contribution in [0.1, 0.15) is 17.4 Å². The molecule has 0 amide bonds. The molecule has 0 saturated heterocycles. The third-order valence-electron chi connectivity index (χ3n) is 6.07. The van der Waals surface area contributed by atoms with E-state index in [2.05, 4.69) is 0 Å². The number of fused-ring (bicyclic) bond motifs is 1. The number of anilines is 1. The highest BCUT2D eigenvalue weighted by Crippen LogP contribution is 2.38. The van der Waals surface area contributed by atoms with Crippen LogP contribution in [0.15, 0.2) is 94.8 Å². The number of β-amino-alcohol motifs (C(OH)–C–C–N with tert-alkyl or cyclic N) is 1. The van der Waals surface area contributed by atoms with Crippen molar-refractivity contribution in [2.45, 2.75) is 16.7 Å². The van der Waals surface area contributed by atoms with Crippen LogP contribution in [0.3, 0.4) is 0 Å². The summed E-state index contributed by atoms with van der Waals surface area (Å²) in [5, 5.41) is 18.6. The molecule has 0 fully saturated rings. The molecular weight excluding hydrogens is 500 g/mol. The standard InChI is InChI=1S/C26H23ClN4O4S/c1-35-24(23-15-8-17-4-2-3-5-22(17)29-23)26(32)16-31(20-11-9-19(27)10-12-20)25(30-26)18-6-13-21(14-7-18)36(28,33)34/h2-15,24,32H,16H2,1H3,(H2,28,33,34). The molecule has 0 bridgehead atoms. The van der Waals surface area contributed by atoms with E-state index < -0.39 is 21.9 Å². The molecule has 0 radical (unpaired) electrons. The van der Waals surface area contributed by atoms with Crippen molar-refractivity contribution in [3.8, 4) is 0 Å². The van der Waals surface area contributed by atoms with E-state index >= 15 is 0 Å². The van der Waals surface area contributed by atoms with Crippen LogP contribution in [-0.4, -0.2) is 43.7 Å². The molecule has 4 aromatic rings. The minimum absolute atomic E-state index is 0.0201. The smallest absolute Gasteiger partial charge is 0.238 e. The maximum Gasteiger partial charge on any atom is 0.238 e. The summed E-state index contributed by atoms with van der Waals surface area (Å²) in [5.41, 5.74) is 0.943. The Kier molecular flexibility index (Phi) is 6.27. The fourth-order valence-corrected chi connectivity index (χ4v) is 4.99. The number of amidine groups is 1. The normalized spacial score (nSPS) is 18.9. The number of nitrogens with zero attached hydrogens (tertiary/aromatic N) is 3. The fraction of sp³-hybridized carbons (Fsp3) is 0.154. The van der Waals surface area contributed by atoms with Gasteiger partial charge in [0.15, 0.2) is 6.10 Å². The molecule has 2 atom stereocenters. The van der Waals surface area contributed by atoms with E-state index in [1.807, 2.05) is 53.4 Å². The molecule has 5 rings (SSSR count). The van der Waals surface area contributed by atoms with E-state index in [-0.39, 0.29) is 11.4 Å². The average molecular weight is 523 g/mol. The number of benzene rings is 3. The number of rotatable bonds is 6. The summed E-state index contributed by atoms with van der Waals surface area (Å²) in [5.74, 6) is 0.434. The van der Waals surface area contributed by atoms with E-state index in [1.165, 1.54) is 19.2 Å². The van der Waals surface area contributed by atoms with Gasteiger partial charge in [0.05, 0.1) is 22.7 Å². The predicted molar refractivity (Wildman–Crippen MR) is 140 cm³/mol. The first-order valence-electron chi connectivity index (χ1n) is 11.0. The van der Waals surface area contributed by atoms with Gasteiger partial charge in [0.2, 0.25) is 15.7 Å². The summed E-state index contributed by atoms with van der Waals surface area (Å²) in [6, 6.07) is 24.6. The highest BCUT2D eigenvalue weighted by Gasteiger charge is 2.47. The summed E-state index contributed by atoms with van der Waals surface area (Å²) < 4.78 is 29.2. The number of halogens is 1. The van der Waals surface area contributed by atoms with Crippen molar-refractivity contribution in [1.82, 2.24) is 4.98 Å². The Bertz CT molecular complexity index is 1560. The Balaban J connectivity index is 1.60. The number of aliphatic imine (C=N–C) groups is 1. The third kappa shape index (κ3) is 4.59. The maximum absolute atomic E-state index is 11.8. The van der Waals surface area contributed by atoms with Gasteiger partial charge in [-0.2, -0.15) is 0 Å². The van der Waals surface area contributed by atoms with Crippen LogP contribution >= 0.6 is 11.6 Å². The molecule has 3 N–H and O–H groups in total. The van der Waals surface area contributed by atoms with Crippen LogP contribution in [0.4, 0.5) is 5.69 Å². The van der Waals surface area contributed by atoms with E-state index in [4.69, 9.17) is 31.5 Å². The molecule has 1 aromatic heterocycles. The lowest BCUT2D eigenvalue weighted by Crippen LogP contribution is -2.42. The number of aliphatic hydroxyl groups is 1. The number of ether oxygens (including phenoxy) is 1. The molecule has 36 heavy (non-hydrogen) atoms. The van der Waals surface area contributed by atoms with Gasteiger partial charge in [-0.05, 0) is 60.7 Å². The lowest BCUT2D eigenvalue weighted by atomic mass is 10.0. The minimum Gasteiger partial charge on any atom is -0.370 e.